The molecule has 1 aromatic carbocycles. The fourth-order valence-corrected chi connectivity index (χ4v) is 3.03. The summed E-state index contributed by atoms with van der Waals surface area (Å²) in [6.07, 6.45) is 5.02. The topological polar surface area (TPSA) is 94.4 Å². The lowest BCUT2D eigenvalue weighted by Crippen LogP contribution is -2.52. The SMILES string of the molecule is COc1ccc(NC(=O)C2CN(c3cc(-n4cccn4)ncn3)C2)cc1OC. The number of rotatable bonds is 6. The third kappa shape index (κ3) is 3.46. The highest BCUT2D eigenvalue weighted by atomic mass is 16.5. The van der Waals surface area contributed by atoms with Gasteiger partial charge in [-0.2, -0.15) is 5.10 Å². The summed E-state index contributed by atoms with van der Waals surface area (Å²) in [6.45, 7) is 1.18. The Morgan fingerprint density at radius 3 is 2.61 bits per heavy atom. The van der Waals surface area contributed by atoms with E-state index >= 15 is 0 Å². The highest BCUT2D eigenvalue weighted by Gasteiger charge is 2.33. The highest BCUT2D eigenvalue weighted by molar-refractivity contribution is 5.94. The van der Waals surface area contributed by atoms with Crippen LogP contribution in [0, 0.1) is 5.92 Å². The van der Waals surface area contributed by atoms with Crippen molar-refractivity contribution >= 4 is 17.4 Å². The maximum Gasteiger partial charge on any atom is 0.231 e. The van der Waals surface area contributed by atoms with E-state index in [0.29, 0.717) is 36.1 Å². The molecule has 144 valence electrons. The number of benzene rings is 1. The quantitative estimate of drug-likeness (QED) is 0.696. The third-order valence-corrected chi connectivity index (χ3v) is 4.60. The van der Waals surface area contributed by atoms with Crippen LogP contribution >= 0.6 is 0 Å². The Bertz CT molecular complexity index is 970. The zero-order valence-electron chi connectivity index (χ0n) is 15.6. The molecule has 1 N–H and O–H groups in total. The molecule has 0 unspecified atom stereocenters. The second kappa shape index (κ2) is 7.55. The summed E-state index contributed by atoms with van der Waals surface area (Å²) in [5.41, 5.74) is 0.670. The van der Waals surface area contributed by atoms with Crippen molar-refractivity contribution in [2.45, 2.75) is 0 Å². The smallest absolute Gasteiger partial charge is 0.231 e. The van der Waals surface area contributed by atoms with E-state index in [1.165, 1.54) is 6.33 Å². The van der Waals surface area contributed by atoms with Crippen LogP contribution in [0.4, 0.5) is 11.5 Å². The van der Waals surface area contributed by atoms with Crippen LogP contribution in [0.5, 0.6) is 11.5 Å². The molecule has 0 spiro atoms. The number of ether oxygens (including phenoxy) is 2. The summed E-state index contributed by atoms with van der Waals surface area (Å²) >= 11 is 0. The van der Waals surface area contributed by atoms with E-state index in [4.69, 9.17) is 9.47 Å². The predicted octanol–water partition coefficient (Wildman–Crippen LogP) is 1.75. The van der Waals surface area contributed by atoms with E-state index in [2.05, 4.69) is 20.4 Å². The Balaban J connectivity index is 1.38. The Morgan fingerprint density at radius 2 is 1.89 bits per heavy atom. The van der Waals surface area contributed by atoms with Gasteiger partial charge in [-0.25, -0.2) is 14.6 Å². The standard InChI is InChI=1S/C19H20N6O3/c1-27-15-5-4-14(8-16(15)28-2)23-19(26)13-10-24(11-13)17-9-18(21-12-20-17)25-7-3-6-22-25/h3-9,12-13H,10-11H2,1-2H3,(H,23,26). The van der Waals surface area contributed by atoms with Gasteiger partial charge in [-0.1, -0.05) is 0 Å². The molecule has 0 atom stereocenters. The van der Waals surface area contributed by atoms with Crippen molar-refractivity contribution in [3.63, 3.8) is 0 Å². The average molecular weight is 380 g/mol. The van der Waals surface area contributed by atoms with Crippen LogP contribution in [0.2, 0.25) is 0 Å². The van der Waals surface area contributed by atoms with E-state index in [0.717, 1.165) is 5.82 Å². The normalized spacial score (nSPS) is 13.7. The molecule has 1 fully saturated rings. The molecule has 9 nitrogen and oxygen atoms in total. The molecule has 0 bridgehead atoms. The molecule has 0 aliphatic carbocycles. The number of hydrogen-bond donors (Lipinski definition) is 1. The van der Waals surface area contributed by atoms with Crippen LogP contribution in [-0.4, -0.2) is 53.0 Å². The largest absolute Gasteiger partial charge is 0.493 e. The average Bonchev–Trinajstić information content (AvgIpc) is 3.22. The Morgan fingerprint density at radius 1 is 1.11 bits per heavy atom. The third-order valence-electron chi connectivity index (χ3n) is 4.60. The maximum atomic E-state index is 12.5. The Hall–Kier alpha value is -3.62. The second-order valence-electron chi connectivity index (χ2n) is 6.35. The van der Waals surface area contributed by atoms with Crippen LogP contribution in [0.3, 0.4) is 0 Å². The lowest BCUT2D eigenvalue weighted by molar-refractivity contribution is -0.120. The second-order valence-corrected chi connectivity index (χ2v) is 6.35. The summed E-state index contributed by atoms with van der Waals surface area (Å²) in [7, 11) is 3.14. The van der Waals surface area contributed by atoms with Gasteiger partial charge in [0.05, 0.1) is 20.1 Å². The monoisotopic (exact) mass is 380 g/mol. The summed E-state index contributed by atoms with van der Waals surface area (Å²) < 4.78 is 12.2. The molecule has 3 heterocycles. The van der Waals surface area contributed by atoms with Crippen molar-refractivity contribution in [1.82, 2.24) is 19.7 Å². The first-order chi connectivity index (χ1) is 13.7. The first-order valence-electron chi connectivity index (χ1n) is 8.78. The fourth-order valence-electron chi connectivity index (χ4n) is 3.03. The summed E-state index contributed by atoms with van der Waals surface area (Å²) in [5, 5.41) is 7.10. The first-order valence-corrected chi connectivity index (χ1v) is 8.78. The number of carbonyl (C=O) groups excluding carboxylic acids is 1. The van der Waals surface area contributed by atoms with Crippen LogP contribution in [0.15, 0.2) is 49.1 Å². The van der Waals surface area contributed by atoms with Gasteiger partial charge in [0.25, 0.3) is 0 Å². The number of amides is 1. The lowest BCUT2D eigenvalue weighted by Gasteiger charge is -2.39. The molecule has 3 aromatic rings. The van der Waals surface area contributed by atoms with Crippen molar-refractivity contribution in [3.05, 3.63) is 49.1 Å². The molecule has 1 aliphatic rings. The summed E-state index contributed by atoms with van der Waals surface area (Å²) in [6, 6.07) is 8.99. The van der Waals surface area contributed by atoms with Gasteiger partial charge in [0, 0.05) is 43.3 Å². The summed E-state index contributed by atoms with van der Waals surface area (Å²) in [4.78, 5) is 23.1. The van der Waals surface area contributed by atoms with Crippen molar-refractivity contribution < 1.29 is 14.3 Å². The molecule has 1 amide bonds. The molecule has 1 aliphatic heterocycles. The van der Waals surface area contributed by atoms with Crippen molar-refractivity contribution in [2.24, 2.45) is 5.92 Å². The molecule has 9 heteroatoms. The minimum atomic E-state index is -0.115. The number of methoxy groups -OCH3 is 2. The molecular formula is C19H20N6O3. The molecule has 1 saturated heterocycles. The van der Waals surface area contributed by atoms with Gasteiger partial charge in [0.2, 0.25) is 5.91 Å². The van der Waals surface area contributed by atoms with E-state index in [1.807, 2.05) is 23.2 Å². The van der Waals surface area contributed by atoms with Crippen LogP contribution in [0.1, 0.15) is 0 Å². The molecule has 4 rings (SSSR count). The van der Waals surface area contributed by atoms with Gasteiger partial charge < -0.3 is 19.7 Å². The number of carbonyl (C=O) groups is 1. The van der Waals surface area contributed by atoms with E-state index in [9.17, 15) is 4.79 Å². The molecule has 0 radical (unpaired) electrons. The van der Waals surface area contributed by atoms with Gasteiger partial charge in [-0.15, -0.1) is 0 Å². The number of nitrogens with zero attached hydrogens (tertiary/aromatic N) is 5. The van der Waals surface area contributed by atoms with Gasteiger partial charge in [0.15, 0.2) is 17.3 Å². The van der Waals surface area contributed by atoms with Crippen LogP contribution < -0.4 is 19.7 Å². The maximum absolute atomic E-state index is 12.5. The van der Waals surface area contributed by atoms with Crippen molar-refractivity contribution in [3.8, 4) is 17.3 Å². The molecule has 0 saturated carbocycles. The van der Waals surface area contributed by atoms with Crippen LogP contribution in [-0.2, 0) is 4.79 Å². The highest BCUT2D eigenvalue weighted by Crippen LogP contribution is 2.30. The minimum absolute atomic E-state index is 0.0372. The number of hydrogen-bond acceptors (Lipinski definition) is 7. The van der Waals surface area contributed by atoms with Gasteiger partial charge in [-0.05, 0) is 18.2 Å². The zero-order chi connectivity index (χ0) is 19.5. The van der Waals surface area contributed by atoms with Crippen molar-refractivity contribution in [1.29, 1.82) is 0 Å². The number of aromatic nitrogens is 4. The van der Waals surface area contributed by atoms with E-state index < -0.39 is 0 Å². The predicted molar refractivity (Wildman–Crippen MR) is 103 cm³/mol. The zero-order valence-corrected chi connectivity index (χ0v) is 15.6. The van der Waals surface area contributed by atoms with Gasteiger partial charge in [0.1, 0.15) is 12.1 Å². The number of nitrogens with one attached hydrogen (secondary N) is 1. The van der Waals surface area contributed by atoms with E-state index in [-0.39, 0.29) is 11.8 Å². The fraction of sp³-hybridized carbons (Fsp3) is 0.263. The molecular weight excluding hydrogens is 360 g/mol. The Labute approximate surface area is 161 Å². The minimum Gasteiger partial charge on any atom is -0.493 e. The number of anilines is 2. The van der Waals surface area contributed by atoms with E-state index in [1.54, 1.807) is 43.3 Å². The summed E-state index contributed by atoms with van der Waals surface area (Å²) in [5.74, 6) is 2.50. The van der Waals surface area contributed by atoms with Crippen LogP contribution in [0.25, 0.3) is 5.82 Å². The molecule has 2 aromatic heterocycles. The Kier molecular flexibility index (Phi) is 4.79. The van der Waals surface area contributed by atoms with Gasteiger partial charge >= 0.3 is 0 Å². The lowest BCUT2D eigenvalue weighted by atomic mass is 9.99. The molecule has 28 heavy (non-hydrogen) atoms. The van der Waals surface area contributed by atoms with Gasteiger partial charge in [-0.3, -0.25) is 4.79 Å². The van der Waals surface area contributed by atoms with Crippen molar-refractivity contribution in [2.75, 3.05) is 37.5 Å². The first kappa shape index (κ1) is 17.8.